The Morgan fingerprint density at radius 1 is 0.744 bits per heavy atom. The average Bonchev–Trinajstić information content (AvgIpc) is 3.72. The number of rotatable bonds is 3. The van der Waals surface area contributed by atoms with Gasteiger partial charge >= 0.3 is 0 Å². The number of fused-ring (bicyclic) bond motifs is 4. The van der Waals surface area contributed by atoms with Crippen molar-refractivity contribution in [2.75, 3.05) is 26.2 Å². The number of thioether (sulfide) groups is 2. The van der Waals surface area contributed by atoms with Gasteiger partial charge in [-0.2, -0.15) is 0 Å². The minimum Gasteiger partial charge on any atom is -0.317 e. The SMILES string of the molecule is CC1=C(c2cc3ccc(Cl)cc3s2)N2CCN=C2S1.CCC1=C(c2cc3ccc(Cl)cc3s2)N2CCN=C2S1. The molecule has 2 aromatic heterocycles. The van der Waals surface area contributed by atoms with Crippen molar-refractivity contribution >= 4 is 111 Å². The van der Waals surface area contributed by atoms with Gasteiger partial charge in [0.05, 0.1) is 34.2 Å². The third-order valence-corrected chi connectivity index (χ3v) is 11.9. The molecule has 0 atom stereocenters. The molecule has 0 bridgehead atoms. The third kappa shape index (κ3) is 4.73. The van der Waals surface area contributed by atoms with Crippen LogP contribution in [0.25, 0.3) is 31.6 Å². The summed E-state index contributed by atoms with van der Waals surface area (Å²) in [6.45, 7) is 8.24. The minimum absolute atomic E-state index is 0.802. The Balaban J connectivity index is 0.000000130. The summed E-state index contributed by atoms with van der Waals surface area (Å²) in [4.78, 5) is 19.3. The number of benzene rings is 2. The number of aliphatic imine (C=N–C) groups is 2. The van der Waals surface area contributed by atoms with Crippen molar-refractivity contribution in [1.82, 2.24) is 9.80 Å². The van der Waals surface area contributed by atoms with Gasteiger partial charge in [0.1, 0.15) is 0 Å². The van der Waals surface area contributed by atoms with E-state index in [0.29, 0.717) is 0 Å². The van der Waals surface area contributed by atoms with Crippen LogP contribution in [0.3, 0.4) is 0 Å². The van der Waals surface area contributed by atoms with Crippen LogP contribution in [0.1, 0.15) is 30.0 Å². The first-order valence-electron chi connectivity index (χ1n) is 12.8. The number of hydrogen-bond acceptors (Lipinski definition) is 8. The second-order valence-corrected chi connectivity index (χ2v) is 14.7. The van der Waals surface area contributed by atoms with Crippen molar-refractivity contribution in [3.8, 4) is 0 Å². The van der Waals surface area contributed by atoms with E-state index in [4.69, 9.17) is 23.2 Å². The van der Waals surface area contributed by atoms with Crippen LogP contribution in [-0.2, 0) is 0 Å². The Bertz CT molecular complexity index is 1760. The number of halogens is 2. The molecule has 0 fully saturated rings. The van der Waals surface area contributed by atoms with E-state index in [1.165, 1.54) is 56.3 Å². The van der Waals surface area contributed by atoms with Gasteiger partial charge in [-0.25, -0.2) is 0 Å². The van der Waals surface area contributed by atoms with E-state index >= 15 is 0 Å². The molecule has 2 aromatic carbocycles. The van der Waals surface area contributed by atoms with Crippen molar-refractivity contribution in [3.05, 3.63) is 78.1 Å². The molecular weight excluding hydrogens is 604 g/mol. The maximum Gasteiger partial charge on any atom is 0.168 e. The van der Waals surface area contributed by atoms with Crippen LogP contribution >= 0.6 is 69.4 Å². The van der Waals surface area contributed by atoms with Crippen molar-refractivity contribution in [2.45, 2.75) is 20.3 Å². The number of allylic oxidation sites excluding steroid dienone is 2. The van der Waals surface area contributed by atoms with Gasteiger partial charge in [-0.3, -0.25) is 9.98 Å². The van der Waals surface area contributed by atoms with Gasteiger partial charge in [0, 0.05) is 42.3 Å². The Morgan fingerprint density at radius 2 is 1.28 bits per heavy atom. The summed E-state index contributed by atoms with van der Waals surface area (Å²) < 4.78 is 2.50. The smallest absolute Gasteiger partial charge is 0.168 e. The highest BCUT2D eigenvalue weighted by molar-refractivity contribution is 8.18. The molecule has 0 saturated carbocycles. The molecule has 10 heteroatoms. The fraction of sp³-hybridized carbons (Fsp3) is 0.241. The highest BCUT2D eigenvalue weighted by Gasteiger charge is 2.33. The van der Waals surface area contributed by atoms with Crippen LogP contribution < -0.4 is 0 Å². The fourth-order valence-corrected chi connectivity index (χ4v) is 10.4. The lowest BCUT2D eigenvalue weighted by molar-refractivity contribution is 0.648. The van der Waals surface area contributed by atoms with E-state index in [9.17, 15) is 0 Å². The summed E-state index contributed by atoms with van der Waals surface area (Å²) in [6, 6.07) is 16.7. The van der Waals surface area contributed by atoms with Gasteiger partial charge in [0.25, 0.3) is 0 Å². The molecule has 0 unspecified atom stereocenters. The second-order valence-electron chi connectivity index (χ2n) is 9.45. The first kappa shape index (κ1) is 26.0. The van der Waals surface area contributed by atoms with E-state index in [1.807, 2.05) is 52.6 Å². The number of thiophene rings is 2. The van der Waals surface area contributed by atoms with Crippen molar-refractivity contribution in [3.63, 3.8) is 0 Å². The minimum atomic E-state index is 0.802. The summed E-state index contributed by atoms with van der Waals surface area (Å²) in [6.07, 6.45) is 1.06. The zero-order chi connectivity index (χ0) is 26.7. The first-order valence-corrected chi connectivity index (χ1v) is 16.8. The molecule has 39 heavy (non-hydrogen) atoms. The Kier molecular flexibility index (Phi) is 6.98. The van der Waals surface area contributed by atoms with E-state index in [2.05, 4.69) is 64.0 Å². The molecule has 0 spiro atoms. The van der Waals surface area contributed by atoms with Gasteiger partial charge < -0.3 is 9.80 Å². The highest BCUT2D eigenvalue weighted by atomic mass is 35.5. The molecule has 0 saturated heterocycles. The zero-order valence-electron chi connectivity index (χ0n) is 21.3. The molecule has 0 N–H and O–H groups in total. The highest BCUT2D eigenvalue weighted by Crippen LogP contribution is 2.46. The average molecular weight is 628 g/mol. The van der Waals surface area contributed by atoms with Crippen LogP contribution in [-0.4, -0.2) is 46.3 Å². The maximum atomic E-state index is 6.09. The van der Waals surface area contributed by atoms with Crippen LogP contribution in [0, 0.1) is 0 Å². The molecule has 6 heterocycles. The van der Waals surface area contributed by atoms with Crippen LogP contribution in [0.4, 0.5) is 0 Å². The Hall–Kier alpha value is -1.94. The first-order chi connectivity index (χ1) is 19.0. The molecule has 0 amide bonds. The molecule has 4 aliphatic heterocycles. The lowest BCUT2D eigenvalue weighted by atomic mass is 10.2. The third-order valence-electron chi connectivity index (χ3n) is 6.95. The maximum absolute atomic E-state index is 6.09. The molecule has 4 nitrogen and oxygen atoms in total. The van der Waals surface area contributed by atoms with E-state index in [0.717, 1.165) is 47.8 Å². The monoisotopic (exact) mass is 626 g/mol. The van der Waals surface area contributed by atoms with Crippen molar-refractivity contribution < 1.29 is 0 Å². The molecule has 4 aromatic rings. The van der Waals surface area contributed by atoms with Crippen LogP contribution in [0.2, 0.25) is 10.0 Å². The lowest BCUT2D eigenvalue weighted by Gasteiger charge is -2.15. The van der Waals surface area contributed by atoms with E-state index in [1.54, 1.807) is 11.8 Å². The topological polar surface area (TPSA) is 31.2 Å². The summed E-state index contributed by atoms with van der Waals surface area (Å²) in [5.74, 6) is 0. The lowest BCUT2D eigenvalue weighted by Crippen LogP contribution is -2.19. The summed E-state index contributed by atoms with van der Waals surface area (Å²) in [5.41, 5.74) is 2.70. The number of nitrogens with zero attached hydrogens (tertiary/aromatic N) is 4. The zero-order valence-corrected chi connectivity index (χ0v) is 26.1. The number of amidine groups is 2. The fourth-order valence-electron chi connectivity index (χ4n) is 5.19. The molecule has 4 aliphatic rings. The summed E-state index contributed by atoms with van der Waals surface area (Å²) in [7, 11) is 0. The van der Waals surface area contributed by atoms with Gasteiger partial charge in [-0.1, -0.05) is 65.8 Å². The molecule has 8 rings (SSSR count). The summed E-state index contributed by atoms with van der Waals surface area (Å²) >= 11 is 19.4. The second kappa shape index (κ2) is 10.5. The standard InChI is InChI=1S/C15H13ClN2S2.C14H11ClN2S2/c1-2-11-14(18-6-5-17-15(18)20-11)13-7-9-3-4-10(16)8-12(9)19-13;1-8-13(17-5-4-16-14(17)18-8)12-6-9-2-3-10(15)7-11(9)19-12/h3-4,7-8H,2,5-6H2,1H3;2-3,6-7H,4-5H2,1H3. The van der Waals surface area contributed by atoms with Crippen LogP contribution in [0.5, 0.6) is 0 Å². The molecule has 0 aliphatic carbocycles. The van der Waals surface area contributed by atoms with Crippen molar-refractivity contribution in [2.24, 2.45) is 9.98 Å². The van der Waals surface area contributed by atoms with Crippen LogP contribution in [0.15, 0.2) is 68.3 Å². The number of hydrogen-bond donors (Lipinski definition) is 0. The summed E-state index contributed by atoms with van der Waals surface area (Å²) in [5, 5.41) is 6.47. The van der Waals surface area contributed by atoms with E-state index < -0.39 is 0 Å². The quantitative estimate of drug-likeness (QED) is 0.226. The van der Waals surface area contributed by atoms with Gasteiger partial charge in [0.2, 0.25) is 0 Å². The Morgan fingerprint density at radius 3 is 1.87 bits per heavy atom. The molecule has 0 radical (unpaired) electrons. The molecular formula is C29H24Cl2N4S4. The van der Waals surface area contributed by atoms with Gasteiger partial charge in [0.15, 0.2) is 10.3 Å². The largest absolute Gasteiger partial charge is 0.317 e. The van der Waals surface area contributed by atoms with E-state index in [-0.39, 0.29) is 0 Å². The molecule has 198 valence electrons. The Labute approximate surface area is 254 Å². The normalized spacial score (nSPS) is 18.3. The van der Waals surface area contributed by atoms with Gasteiger partial charge in [-0.15, -0.1) is 22.7 Å². The van der Waals surface area contributed by atoms with Crippen molar-refractivity contribution in [1.29, 1.82) is 0 Å². The predicted octanol–water partition coefficient (Wildman–Crippen LogP) is 9.71. The predicted molar refractivity (Wildman–Crippen MR) is 177 cm³/mol. The van der Waals surface area contributed by atoms with Gasteiger partial charge in [-0.05, 0) is 60.5 Å².